The second-order valence-corrected chi connectivity index (χ2v) is 8.96. The summed E-state index contributed by atoms with van der Waals surface area (Å²) in [5.41, 5.74) is 1.97. The summed E-state index contributed by atoms with van der Waals surface area (Å²) in [5, 5.41) is 0.440. The standard InChI is InChI=1S/C22H24ClNO4S2/c1-3-27-19-12-15(13-20-21(25)24(9-10-26-2)22(29)30-20)7-8-18(19)28-14-16-5-4-6-17(23)11-16/h4-8,11-12,20H,3,9-10,13-14H2,1-2H3/t20-/m0/s1. The van der Waals surface area contributed by atoms with Gasteiger partial charge in [-0.05, 0) is 48.7 Å². The van der Waals surface area contributed by atoms with Gasteiger partial charge in [0, 0.05) is 12.1 Å². The van der Waals surface area contributed by atoms with Crippen molar-refractivity contribution in [2.24, 2.45) is 0 Å². The fraction of sp³-hybridized carbons (Fsp3) is 0.364. The van der Waals surface area contributed by atoms with E-state index in [9.17, 15) is 4.79 Å². The molecule has 1 aliphatic heterocycles. The lowest BCUT2D eigenvalue weighted by Crippen LogP contribution is -2.34. The van der Waals surface area contributed by atoms with Gasteiger partial charge in [0.25, 0.3) is 0 Å². The quantitative estimate of drug-likeness (QED) is 0.472. The van der Waals surface area contributed by atoms with Crippen molar-refractivity contribution >= 4 is 45.8 Å². The van der Waals surface area contributed by atoms with E-state index in [0.717, 1.165) is 11.1 Å². The van der Waals surface area contributed by atoms with Gasteiger partial charge in [-0.2, -0.15) is 0 Å². The smallest absolute Gasteiger partial charge is 0.242 e. The van der Waals surface area contributed by atoms with Gasteiger partial charge in [0.05, 0.1) is 25.0 Å². The summed E-state index contributed by atoms with van der Waals surface area (Å²) in [7, 11) is 1.61. The molecule has 0 spiro atoms. The monoisotopic (exact) mass is 465 g/mol. The van der Waals surface area contributed by atoms with Crippen molar-refractivity contribution in [1.82, 2.24) is 4.90 Å². The number of rotatable bonds is 10. The van der Waals surface area contributed by atoms with Gasteiger partial charge < -0.3 is 14.2 Å². The first-order chi connectivity index (χ1) is 14.5. The van der Waals surface area contributed by atoms with Crippen LogP contribution in [-0.4, -0.2) is 47.2 Å². The van der Waals surface area contributed by atoms with Crippen molar-refractivity contribution in [3.8, 4) is 11.5 Å². The SMILES string of the molecule is CCOc1cc(C[C@@H]2SC(=S)N(CCOC)C2=O)ccc1OCc1cccc(Cl)c1. The van der Waals surface area contributed by atoms with E-state index in [0.29, 0.717) is 53.6 Å². The number of methoxy groups -OCH3 is 1. The van der Waals surface area contributed by atoms with Crippen molar-refractivity contribution in [2.75, 3.05) is 26.9 Å². The van der Waals surface area contributed by atoms with E-state index in [1.807, 2.05) is 49.4 Å². The van der Waals surface area contributed by atoms with Gasteiger partial charge >= 0.3 is 0 Å². The molecule has 5 nitrogen and oxygen atoms in total. The normalized spacial score (nSPS) is 16.2. The van der Waals surface area contributed by atoms with Gasteiger partial charge in [0.15, 0.2) is 11.5 Å². The van der Waals surface area contributed by atoms with Crippen LogP contribution in [0.2, 0.25) is 5.02 Å². The molecular formula is C22H24ClNO4S2. The third kappa shape index (κ3) is 5.88. The van der Waals surface area contributed by atoms with Gasteiger partial charge in [-0.25, -0.2) is 0 Å². The number of hydrogen-bond donors (Lipinski definition) is 0. The van der Waals surface area contributed by atoms with Crippen LogP contribution in [0.1, 0.15) is 18.1 Å². The molecule has 3 rings (SSSR count). The molecule has 30 heavy (non-hydrogen) atoms. The van der Waals surface area contributed by atoms with Crippen LogP contribution in [0, 0.1) is 0 Å². The Hall–Kier alpha value is -1.80. The minimum atomic E-state index is -0.234. The lowest BCUT2D eigenvalue weighted by Gasteiger charge is -2.16. The largest absolute Gasteiger partial charge is 0.490 e. The number of carbonyl (C=O) groups excluding carboxylic acids is 1. The van der Waals surface area contributed by atoms with Gasteiger partial charge in [-0.1, -0.05) is 53.8 Å². The molecule has 1 amide bonds. The van der Waals surface area contributed by atoms with Crippen molar-refractivity contribution in [1.29, 1.82) is 0 Å². The minimum absolute atomic E-state index is 0.0290. The summed E-state index contributed by atoms with van der Waals surface area (Å²) in [5.74, 6) is 1.34. The van der Waals surface area contributed by atoms with E-state index in [1.54, 1.807) is 12.0 Å². The zero-order valence-electron chi connectivity index (χ0n) is 16.9. The first-order valence-corrected chi connectivity index (χ1v) is 11.3. The Morgan fingerprint density at radius 1 is 1.13 bits per heavy atom. The highest BCUT2D eigenvalue weighted by Crippen LogP contribution is 2.34. The van der Waals surface area contributed by atoms with E-state index in [1.165, 1.54) is 11.8 Å². The van der Waals surface area contributed by atoms with Crippen molar-refractivity contribution in [3.05, 3.63) is 58.6 Å². The van der Waals surface area contributed by atoms with Gasteiger partial charge in [-0.3, -0.25) is 9.69 Å². The average Bonchev–Trinajstić information content (AvgIpc) is 2.99. The molecule has 160 valence electrons. The maximum absolute atomic E-state index is 12.7. The Morgan fingerprint density at radius 2 is 1.97 bits per heavy atom. The fourth-order valence-electron chi connectivity index (χ4n) is 3.08. The summed E-state index contributed by atoms with van der Waals surface area (Å²) in [6.45, 7) is 3.78. The number of nitrogens with zero attached hydrogens (tertiary/aromatic N) is 1. The van der Waals surface area contributed by atoms with Gasteiger partial charge in [0.2, 0.25) is 5.91 Å². The van der Waals surface area contributed by atoms with Crippen LogP contribution < -0.4 is 9.47 Å². The summed E-state index contributed by atoms with van der Waals surface area (Å²) in [6, 6.07) is 13.3. The van der Waals surface area contributed by atoms with Crippen LogP contribution in [-0.2, 0) is 22.6 Å². The van der Waals surface area contributed by atoms with Crippen LogP contribution in [0.25, 0.3) is 0 Å². The zero-order valence-corrected chi connectivity index (χ0v) is 19.3. The van der Waals surface area contributed by atoms with E-state index in [-0.39, 0.29) is 11.2 Å². The van der Waals surface area contributed by atoms with E-state index in [4.69, 9.17) is 38.0 Å². The highest BCUT2D eigenvalue weighted by Gasteiger charge is 2.36. The third-order valence-electron chi connectivity index (χ3n) is 4.54. The lowest BCUT2D eigenvalue weighted by atomic mass is 10.1. The second kappa shape index (κ2) is 11.0. The molecular weight excluding hydrogens is 442 g/mol. The molecule has 0 bridgehead atoms. The third-order valence-corrected chi connectivity index (χ3v) is 6.36. The molecule has 8 heteroatoms. The molecule has 0 saturated carbocycles. The first-order valence-electron chi connectivity index (χ1n) is 9.65. The Kier molecular flexibility index (Phi) is 8.39. The molecule has 2 aromatic carbocycles. The molecule has 0 radical (unpaired) electrons. The van der Waals surface area contributed by atoms with Crippen LogP contribution in [0.3, 0.4) is 0 Å². The van der Waals surface area contributed by atoms with Gasteiger partial charge in [-0.15, -0.1) is 0 Å². The molecule has 1 saturated heterocycles. The molecule has 0 aromatic heterocycles. The number of thioether (sulfide) groups is 1. The Labute approximate surface area is 191 Å². The molecule has 0 N–H and O–H groups in total. The highest BCUT2D eigenvalue weighted by atomic mass is 35.5. The van der Waals surface area contributed by atoms with Crippen molar-refractivity contribution in [2.45, 2.75) is 25.2 Å². The number of thiocarbonyl (C=S) groups is 1. The topological polar surface area (TPSA) is 48.0 Å². The Bertz CT molecular complexity index is 908. The fourth-order valence-corrected chi connectivity index (χ4v) is 4.88. The number of amides is 1. The number of hydrogen-bond acceptors (Lipinski definition) is 6. The Balaban J connectivity index is 1.68. The molecule has 1 aliphatic rings. The number of benzene rings is 2. The number of ether oxygens (including phenoxy) is 3. The summed E-state index contributed by atoms with van der Waals surface area (Å²) >= 11 is 12.8. The molecule has 0 aliphatic carbocycles. The minimum Gasteiger partial charge on any atom is -0.490 e. The van der Waals surface area contributed by atoms with E-state index >= 15 is 0 Å². The molecule has 1 heterocycles. The van der Waals surface area contributed by atoms with Crippen molar-refractivity contribution < 1.29 is 19.0 Å². The Morgan fingerprint density at radius 3 is 2.70 bits per heavy atom. The summed E-state index contributed by atoms with van der Waals surface area (Å²) < 4.78 is 17.4. The van der Waals surface area contributed by atoms with Crippen LogP contribution in [0.4, 0.5) is 0 Å². The van der Waals surface area contributed by atoms with Crippen LogP contribution in [0.5, 0.6) is 11.5 Å². The maximum atomic E-state index is 12.7. The summed E-state index contributed by atoms with van der Waals surface area (Å²) in [6.07, 6.45) is 0.571. The average molecular weight is 466 g/mol. The van der Waals surface area contributed by atoms with E-state index in [2.05, 4.69) is 0 Å². The predicted octanol–water partition coefficient (Wildman–Crippen LogP) is 4.74. The maximum Gasteiger partial charge on any atom is 0.242 e. The molecule has 2 aromatic rings. The number of carbonyl (C=O) groups is 1. The molecule has 1 atom stereocenters. The second-order valence-electron chi connectivity index (χ2n) is 6.69. The first kappa shape index (κ1) is 22.9. The summed E-state index contributed by atoms with van der Waals surface area (Å²) in [4.78, 5) is 14.3. The molecule has 0 unspecified atom stereocenters. The zero-order chi connectivity index (χ0) is 21.5. The van der Waals surface area contributed by atoms with Crippen LogP contribution in [0.15, 0.2) is 42.5 Å². The lowest BCUT2D eigenvalue weighted by molar-refractivity contribution is -0.126. The predicted molar refractivity (Wildman–Crippen MR) is 125 cm³/mol. The number of halogens is 1. The van der Waals surface area contributed by atoms with Crippen molar-refractivity contribution in [3.63, 3.8) is 0 Å². The highest BCUT2D eigenvalue weighted by molar-refractivity contribution is 8.24. The van der Waals surface area contributed by atoms with Crippen LogP contribution >= 0.6 is 35.6 Å². The van der Waals surface area contributed by atoms with Gasteiger partial charge in [0.1, 0.15) is 10.9 Å². The molecule has 1 fully saturated rings. The van der Waals surface area contributed by atoms with E-state index < -0.39 is 0 Å².